The molecular formula is C15H17N9O4. The van der Waals surface area contributed by atoms with Crippen molar-refractivity contribution in [2.75, 3.05) is 12.3 Å². The summed E-state index contributed by atoms with van der Waals surface area (Å²) in [5.41, 5.74) is 7.27. The Morgan fingerprint density at radius 1 is 1.07 bits per heavy atom. The van der Waals surface area contributed by atoms with Gasteiger partial charge in [-0.05, 0) is 0 Å². The molecule has 146 valence electrons. The summed E-state index contributed by atoms with van der Waals surface area (Å²) < 4.78 is 8.47. The first-order valence-electron chi connectivity index (χ1n) is 8.25. The van der Waals surface area contributed by atoms with Crippen molar-refractivity contribution in [3.63, 3.8) is 0 Å². The number of fused-ring (bicyclic) bond motifs is 2. The van der Waals surface area contributed by atoms with Crippen LogP contribution in [0, 0.1) is 0 Å². The maximum atomic E-state index is 9.95. The van der Waals surface area contributed by atoms with Crippen LogP contribution < -0.4 is 5.73 Å². The van der Waals surface area contributed by atoms with Crippen LogP contribution in [0.2, 0.25) is 0 Å². The van der Waals surface area contributed by atoms with Crippen molar-refractivity contribution in [3.8, 4) is 0 Å². The van der Waals surface area contributed by atoms with Crippen LogP contribution in [0.4, 0.5) is 5.82 Å². The number of aromatic nitrogens is 8. The molecule has 0 spiro atoms. The molecule has 4 aromatic rings. The van der Waals surface area contributed by atoms with Gasteiger partial charge in [0.15, 0.2) is 23.3 Å². The fourth-order valence-corrected chi connectivity index (χ4v) is 2.84. The summed E-state index contributed by atoms with van der Waals surface area (Å²) in [6.45, 7) is -0.390. The monoisotopic (exact) mass is 387 g/mol. The molecule has 4 atom stereocenters. The minimum Gasteiger partial charge on any atom is -0.394 e. The number of imidazole rings is 1. The van der Waals surface area contributed by atoms with Gasteiger partial charge in [-0.25, -0.2) is 29.4 Å². The van der Waals surface area contributed by atoms with Crippen molar-refractivity contribution in [2.45, 2.75) is 24.5 Å². The smallest absolute Gasteiger partial charge is 0.167 e. The Bertz CT molecular complexity index is 1050. The summed E-state index contributed by atoms with van der Waals surface area (Å²) in [6, 6.07) is 1.80. The molecule has 5 rings (SSSR count). The van der Waals surface area contributed by atoms with Gasteiger partial charge in [0.1, 0.15) is 42.8 Å². The number of nitrogens with two attached hydrogens (primary N) is 1. The number of aliphatic hydroxyl groups is 3. The van der Waals surface area contributed by atoms with Crippen molar-refractivity contribution in [1.29, 1.82) is 0 Å². The Morgan fingerprint density at radius 2 is 1.93 bits per heavy atom. The van der Waals surface area contributed by atoms with E-state index in [1.165, 1.54) is 23.5 Å². The molecule has 0 unspecified atom stereocenters. The van der Waals surface area contributed by atoms with Crippen LogP contribution in [0.25, 0.3) is 16.8 Å². The standard InChI is InChI=1S/C10H13N5O4.C5H4N4/c11-8-5-9(13-2-12-8)15(3-14-5)10-7(18)6(17)4(1-16)19-10;1-2-6-4-9-5(1)7-3-8-9/h2-4,6-7,10,16-18H,1H2,(H2,11,12,13);1-4H/t4-,6-,7-,10-;/m1./s1. The van der Waals surface area contributed by atoms with E-state index in [2.05, 4.69) is 30.0 Å². The predicted molar refractivity (Wildman–Crippen MR) is 93.5 cm³/mol. The number of aliphatic hydroxyl groups excluding tert-OH is 3. The van der Waals surface area contributed by atoms with Crippen molar-refractivity contribution in [2.24, 2.45) is 0 Å². The van der Waals surface area contributed by atoms with Crippen LogP contribution in [-0.2, 0) is 4.74 Å². The Morgan fingerprint density at radius 3 is 2.68 bits per heavy atom. The first-order chi connectivity index (χ1) is 13.6. The zero-order valence-electron chi connectivity index (χ0n) is 14.4. The van der Waals surface area contributed by atoms with Crippen LogP contribution in [0.15, 0.2) is 37.6 Å². The largest absolute Gasteiger partial charge is 0.394 e. The summed E-state index contributed by atoms with van der Waals surface area (Å²) in [6.07, 6.45) is 3.37. The van der Waals surface area contributed by atoms with E-state index in [4.69, 9.17) is 15.6 Å². The maximum absolute atomic E-state index is 9.95. The fraction of sp³-hybridized carbons (Fsp3) is 0.333. The van der Waals surface area contributed by atoms with Crippen molar-refractivity contribution < 1.29 is 20.1 Å². The van der Waals surface area contributed by atoms with Crippen LogP contribution in [0.5, 0.6) is 0 Å². The van der Waals surface area contributed by atoms with Gasteiger partial charge in [0.2, 0.25) is 0 Å². The van der Waals surface area contributed by atoms with Crippen molar-refractivity contribution in [1.82, 2.24) is 39.1 Å². The molecule has 13 heteroatoms. The van der Waals surface area contributed by atoms with Gasteiger partial charge in [-0.15, -0.1) is 0 Å². The predicted octanol–water partition coefficient (Wildman–Crippen LogP) is -1.86. The molecule has 0 aromatic carbocycles. The van der Waals surface area contributed by atoms with Gasteiger partial charge in [0, 0.05) is 12.3 Å². The molecule has 1 aliphatic heterocycles. The van der Waals surface area contributed by atoms with E-state index in [-0.39, 0.29) is 5.82 Å². The molecule has 5 N–H and O–H groups in total. The average molecular weight is 387 g/mol. The normalized spacial score (nSPS) is 24.4. The zero-order chi connectivity index (χ0) is 19.7. The van der Waals surface area contributed by atoms with Crippen LogP contribution in [0.3, 0.4) is 0 Å². The second-order valence-electron chi connectivity index (χ2n) is 5.95. The first kappa shape index (κ1) is 18.1. The first-order valence-corrected chi connectivity index (χ1v) is 8.25. The van der Waals surface area contributed by atoms with E-state index in [1.54, 1.807) is 23.1 Å². The van der Waals surface area contributed by atoms with E-state index in [0.29, 0.717) is 11.2 Å². The number of nitrogen functional groups attached to an aromatic ring is 1. The summed E-state index contributed by atoms with van der Waals surface area (Å²) in [5, 5.41) is 32.6. The number of ether oxygens (including phenoxy) is 1. The Kier molecular flexibility index (Phi) is 4.79. The van der Waals surface area contributed by atoms with E-state index in [0.717, 1.165) is 5.65 Å². The van der Waals surface area contributed by atoms with E-state index in [1.807, 2.05) is 0 Å². The molecule has 13 nitrogen and oxygen atoms in total. The Hall–Kier alpha value is -3.26. The van der Waals surface area contributed by atoms with E-state index < -0.39 is 31.1 Å². The van der Waals surface area contributed by atoms with E-state index >= 15 is 0 Å². The second-order valence-corrected chi connectivity index (χ2v) is 5.95. The summed E-state index contributed by atoms with van der Waals surface area (Å²) in [7, 11) is 0. The number of hydrogen-bond donors (Lipinski definition) is 4. The van der Waals surface area contributed by atoms with Gasteiger partial charge in [-0.1, -0.05) is 0 Å². The minimum absolute atomic E-state index is 0.218. The quantitative estimate of drug-likeness (QED) is 0.303. The minimum atomic E-state index is -1.19. The van der Waals surface area contributed by atoms with Gasteiger partial charge >= 0.3 is 0 Å². The highest BCUT2D eigenvalue weighted by atomic mass is 16.6. The lowest BCUT2D eigenvalue weighted by atomic mass is 10.1. The molecule has 0 radical (unpaired) electrons. The molecule has 1 fully saturated rings. The second kappa shape index (κ2) is 7.40. The van der Waals surface area contributed by atoms with Crippen molar-refractivity contribution >= 4 is 22.6 Å². The van der Waals surface area contributed by atoms with Crippen molar-refractivity contribution in [3.05, 3.63) is 37.6 Å². The molecule has 5 heterocycles. The molecule has 28 heavy (non-hydrogen) atoms. The summed E-state index contributed by atoms with van der Waals surface area (Å²) in [5.74, 6) is 0.218. The molecule has 0 bridgehead atoms. The molecule has 0 saturated carbocycles. The molecule has 0 amide bonds. The lowest BCUT2D eigenvalue weighted by molar-refractivity contribution is -0.0511. The Labute approximate surface area is 157 Å². The number of anilines is 1. The van der Waals surface area contributed by atoms with Gasteiger partial charge < -0.3 is 25.8 Å². The van der Waals surface area contributed by atoms with Crippen LogP contribution in [0.1, 0.15) is 6.23 Å². The highest BCUT2D eigenvalue weighted by molar-refractivity contribution is 5.81. The maximum Gasteiger partial charge on any atom is 0.167 e. The lowest BCUT2D eigenvalue weighted by Crippen LogP contribution is -2.33. The molecule has 1 saturated heterocycles. The van der Waals surface area contributed by atoms with Gasteiger partial charge in [-0.2, -0.15) is 5.10 Å². The molecule has 4 aromatic heterocycles. The number of rotatable bonds is 2. The topological polar surface area (TPSA) is 183 Å². The molecular weight excluding hydrogens is 370 g/mol. The van der Waals surface area contributed by atoms with Crippen LogP contribution >= 0.6 is 0 Å². The Balaban J connectivity index is 0.000000177. The number of nitrogens with zero attached hydrogens (tertiary/aromatic N) is 8. The molecule has 1 aliphatic rings. The van der Waals surface area contributed by atoms with Crippen LogP contribution in [-0.4, -0.2) is 79.3 Å². The molecule has 0 aliphatic carbocycles. The third kappa shape index (κ3) is 3.11. The fourth-order valence-electron chi connectivity index (χ4n) is 2.84. The van der Waals surface area contributed by atoms with E-state index in [9.17, 15) is 10.2 Å². The summed E-state index contributed by atoms with van der Waals surface area (Å²) in [4.78, 5) is 19.7. The van der Waals surface area contributed by atoms with Gasteiger partial charge in [0.25, 0.3) is 0 Å². The highest BCUT2D eigenvalue weighted by Crippen LogP contribution is 2.31. The zero-order valence-corrected chi connectivity index (χ0v) is 14.4. The highest BCUT2D eigenvalue weighted by Gasteiger charge is 2.43. The average Bonchev–Trinajstić information content (AvgIpc) is 3.42. The lowest BCUT2D eigenvalue weighted by Gasteiger charge is -2.16. The third-order valence-electron chi connectivity index (χ3n) is 4.26. The SMILES string of the molecule is Nc1ncnc2c1ncn2[C@@H]1O[C@H](CO)[C@@H](O)[C@H]1O.c1cc2ncnn2cn1. The van der Waals surface area contributed by atoms with Gasteiger partial charge in [-0.3, -0.25) is 4.57 Å². The third-order valence-corrected chi connectivity index (χ3v) is 4.26. The summed E-state index contributed by atoms with van der Waals surface area (Å²) >= 11 is 0. The van der Waals surface area contributed by atoms with Gasteiger partial charge in [0.05, 0.1) is 12.9 Å². The number of hydrogen-bond acceptors (Lipinski definition) is 11.